The molecule has 1 atom stereocenters. The molecule has 1 aliphatic rings. The van der Waals surface area contributed by atoms with Crippen molar-refractivity contribution in [2.75, 3.05) is 6.54 Å². The summed E-state index contributed by atoms with van der Waals surface area (Å²) in [5.41, 5.74) is 1.93. The summed E-state index contributed by atoms with van der Waals surface area (Å²) in [6.07, 6.45) is 2.78. The number of rotatable bonds is 4. The molecule has 1 aliphatic heterocycles. The molecule has 144 valence electrons. The van der Waals surface area contributed by atoms with Gasteiger partial charge in [0.2, 0.25) is 0 Å². The highest BCUT2D eigenvalue weighted by Gasteiger charge is 2.30. The molecular weight excluding hydrogens is 364 g/mol. The SMILES string of the molecule is O=[N+]([O-])c1cccc(CN2CCCn3cccc3C2c2cc(F)ccc2F)c1. The standard InChI is InChI=1S/C21H19F2N3O2/c22-16-7-8-19(23)18(13-16)21-20-6-2-9-24(20)10-3-11-25(21)14-15-4-1-5-17(12-15)26(27)28/h1-2,4-9,12-13,21H,3,10-11,14H2. The molecule has 0 aliphatic carbocycles. The van der Waals surface area contributed by atoms with Crippen LogP contribution in [0.5, 0.6) is 0 Å². The molecular formula is C21H19F2N3O2. The number of non-ortho nitro benzene ring substituents is 1. The average molecular weight is 383 g/mol. The molecule has 0 radical (unpaired) electrons. The van der Waals surface area contributed by atoms with Crippen LogP contribution in [0.2, 0.25) is 0 Å². The van der Waals surface area contributed by atoms with Gasteiger partial charge in [0.1, 0.15) is 11.6 Å². The fourth-order valence-electron chi connectivity index (χ4n) is 3.89. The van der Waals surface area contributed by atoms with E-state index in [1.54, 1.807) is 6.07 Å². The third kappa shape index (κ3) is 3.53. The molecule has 0 fully saturated rings. The van der Waals surface area contributed by atoms with Crippen molar-refractivity contribution < 1.29 is 13.7 Å². The fourth-order valence-corrected chi connectivity index (χ4v) is 3.89. The molecule has 2 heterocycles. The van der Waals surface area contributed by atoms with Crippen LogP contribution in [0.15, 0.2) is 60.8 Å². The Balaban J connectivity index is 1.77. The first kappa shape index (κ1) is 18.3. The minimum absolute atomic E-state index is 0.0178. The number of hydrogen-bond donors (Lipinski definition) is 0. The summed E-state index contributed by atoms with van der Waals surface area (Å²) in [6.45, 7) is 1.83. The Labute approximate surface area is 161 Å². The van der Waals surface area contributed by atoms with E-state index in [1.165, 1.54) is 18.2 Å². The maximum absolute atomic E-state index is 14.7. The maximum atomic E-state index is 14.7. The first-order valence-corrected chi connectivity index (χ1v) is 9.10. The second-order valence-corrected chi connectivity index (χ2v) is 6.95. The van der Waals surface area contributed by atoms with Gasteiger partial charge in [-0.3, -0.25) is 15.0 Å². The zero-order valence-corrected chi connectivity index (χ0v) is 15.1. The summed E-state index contributed by atoms with van der Waals surface area (Å²) in [6, 6.07) is 13.3. The van der Waals surface area contributed by atoms with Crippen molar-refractivity contribution in [1.82, 2.24) is 9.47 Å². The number of nitro benzene ring substituents is 1. The third-order valence-electron chi connectivity index (χ3n) is 5.11. The van der Waals surface area contributed by atoms with E-state index >= 15 is 0 Å². The number of fused-ring (bicyclic) bond motifs is 1. The first-order chi connectivity index (χ1) is 13.5. The number of hydrogen-bond acceptors (Lipinski definition) is 3. The predicted molar refractivity (Wildman–Crippen MR) is 101 cm³/mol. The van der Waals surface area contributed by atoms with Gasteiger partial charge < -0.3 is 4.57 Å². The Morgan fingerprint density at radius 1 is 1.07 bits per heavy atom. The molecule has 4 rings (SSSR count). The van der Waals surface area contributed by atoms with Gasteiger partial charge in [-0.2, -0.15) is 0 Å². The smallest absolute Gasteiger partial charge is 0.269 e. The predicted octanol–water partition coefficient (Wildman–Crippen LogP) is 4.67. The second kappa shape index (κ2) is 7.52. The van der Waals surface area contributed by atoms with E-state index in [0.29, 0.717) is 13.1 Å². The summed E-state index contributed by atoms with van der Waals surface area (Å²) >= 11 is 0. The molecule has 3 aromatic rings. The van der Waals surface area contributed by atoms with Crippen LogP contribution in [0, 0.1) is 21.7 Å². The normalized spacial score (nSPS) is 17.1. The first-order valence-electron chi connectivity index (χ1n) is 9.10. The molecule has 28 heavy (non-hydrogen) atoms. The van der Waals surface area contributed by atoms with Gasteiger partial charge >= 0.3 is 0 Å². The van der Waals surface area contributed by atoms with E-state index in [0.717, 1.165) is 36.4 Å². The van der Waals surface area contributed by atoms with Gasteiger partial charge in [-0.05, 0) is 42.3 Å². The maximum Gasteiger partial charge on any atom is 0.269 e. The molecule has 2 aromatic carbocycles. The van der Waals surface area contributed by atoms with Crippen LogP contribution in [0.25, 0.3) is 0 Å². The third-order valence-corrected chi connectivity index (χ3v) is 5.11. The molecule has 0 spiro atoms. The van der Waals surface area contributed by atoms with Crippen LogP contribution in [0.1, 0.15) is 29.3 Å². The summed E-state index contributed by atoms with van der Waals surface area (Å²) in [5.74, 6) is -0.959. The summed E-state index contributed by atoms with van der Waals surface area (Å²) in [4.78, 5) is 12.7. The lowest BCUT2D eigenvalue weighted by Crippen LogP contribution is -2.30. The quantitative estimate of drug-likeness (QED) is 0.486. The molecule has 5 nitrogen and oxygen atoms in total. The van der Waals surface area contributed by atoms with Crippen molar-refractivity contribution in [3.63, 3.8) is 0 Å². The summed E-state index contributed by atoms with van der Waals surface area (Å²) < 4.78 is 30.7. The highest BCUT2D eigenvalue weighted by Crippen LogP contribution is 2.35. The van der Waals surface area contributed by atoms with Crippen LogP contribution in [0.4, 0.5) is 14.5 Å². The highest BCUT2D eigenvalue weighted by atomic mass is 19.1. The highest BCUT2D eigenvalue weighted by molar-refractivity contribution is 5.35. The zero-order valence-electron chi connectivity index (χ0n) is 15.1. The summed E-state index contributed by atoms with van der Waals surface area (Å²) in [5, 5.41) is 11.1. The number of benzene rings is 2. The Morgan fingerprint density at radius 2 is 1.93 bits per heavy atom. The molecule has 1 aromatic heterocycles. The number of nitrogens with zero attached hydrogens (tertiary/aromatic N) is 3. The number of aryl methyl sites for hydroxylation is 1. The molecule has 1 unspecified atom stereocenters. The van der Waals surface area contributed by atoms with E-state index in [-0.39, 0.29) is 11.3 Å². The number of halogens is 2. The van der Waals surface area contributed by atoms with Crippen LogP contribution < -0.4 is 0 Å². The molecule has 0 saturated carbocycles. The van der Waals surface area contributed by atoms with E-state index in [2.05, 4.69) is 9.47 Å². The van der Waals surface area contributed by atoms with Crippen LogP contribution in [-0.2, 0) is 13.1 Å². The molecule has 0 saturated heterocycles. The number of aromatic nitrogens is 1. The fraction of sp³-hybridized carbons (Fsp3) is 0.238. The Bertz CT molecular complexity index is 1020. The van der Waals surface area contributed by atoms with Crippen LogP contribution in [-0.4, -0.2) is 20.9 Å². The van der Waals surface area contributed by atoms with Gasteiger partial charge in [0.25, 0.3) is 5.69 Å². The lowest BCUT2D eigenvalue weighted by Gasteiger charge is -2.31. The van der Waals surface area contributed by atoms with Crippen molar-refractivity contribution in [3.8, 4) is 0 Å². The van der Waals surface area contributed by atoms with Crippen molar-refractivity contribution in [2.45, 2.75) is 25.6 Å². The molecule has 7 heteroatoms. The molecule has 0 N–H and O–H groups in total. The minimum atomic E-state index is -0.492. The topological polar surface area (TPSA) is 51.3 Å². The van der Waals surface area contributed by atoms with E-state index in [9.17, 15) is 18.9 Å². The van der Waals surface area contributed by atoms with Gasteiger partial charge in [-0.15, -0.1) is 0 Å². The van der Waals surface area contributed by atoms with Crippen molar-refractivity contribution >= 4 is 5.69 Å². The van der Waals surface area contributed by atoms with Gasteiger partial charge in [0.05, 0.1) is 11.0 Å². The van der Waals surface area contributed by atoms with E-state index in [4.69, 9.17) is 0 Å². The van der Waals surface area contributed by atoms with E-state index in [1.807, 2.05) is 24.4 Å². The van der Waals surface area contributed by atoms with E-state index < -0.39 is 22.6 Å². The average Bonchev–Trinajstić information content (AvgIpc) is 3.06. The Morgan fingerprint density at radius 3 is 2.75 bits per heavy atom. The summed E-state index contributed by atoms with van der Waals surface area (Å²) in [7, 11) is 0. The van der Waals surface area contributed by atoms with Crippen LogP contribution >= 0.6 is 0 Å². The van der Waals surface area contributed by atoms with Crippen molar-refractivity contribution in [2.24, 2.45) is 0 Å². The lowest BCUT2D eigenvalue weighted by molar-refractivity contribution is -0.384. The number of nitro groups is 1. The monoisotopic (exact) mass is 383 g/mol. The Hall–Kier alpha value is -3.06. The molecule has 0 bridgehead atoms. The van der Waals surface area contributed by atoms with Crippen molar-refractivity contribution in [3.05, 3.63) is 99.4 Å². The van der Waals surface area contributed by atoms with Crippen molar-refractivity contribution in [1.29, 1.82) is 0 Å². The van der Waals surface area contributed by atoms with Gasteiger partial charge in [-0.25, -0.2) is 8.78 Å². The van der Waals surface area contributed by atoms with Gasteiger partial charge in [-0.1, -0.05) is 12.1 Å². The van der Waals surface area contributed by atoms with Crippen LogP contribution in [0.3, 0.4) is 0 Å². The minimum Gasteiger partial charge on any atom is -0.350 e. The largest absolute Gasteiger partial charge is 0.350 e. The van der Waals surface area contributed by atoms with Gasteiger partial charge in [0, 0.05) is 49.2 Å². The Kier molecular flexibility index (Phi) is 4.92. The zero-order chi connectivity index (χ0) is 19.7. The second-order valence-electron chi connectivity index (χ2n) is 6.95. The molecule has 0 amide bonds. The lowest BCUT2D eigenvalue weighted by atomic mass is 10.00. The van der Waals surface area contributed by atoms with Gasteiger partial charge in [0.15, 0.2) is 0 Å².